The highest BCUT2D eigenvalue weighted by atomic mass is 35.5. The quantitative estimate of drug-likeness (QED) is 0.404. The van der Waals surface area contributed by atoms with Gasteiger partial charge in [0.1, 0.15) is 17.0 Å². The van der Waals surface area contributed by atoms with E-state index in [1.165, 1.54) is 0 Å². The van der Waals surface area contributed by atoms with E-state index in [0.29, 0.717) is 32.8 Å². The molecule has 0 radical (unpaired) electrons. The summed E-state index contributed by atoms with van der Waals surface area (Å²) in [7, 11) is 0. The number of esters is 1. The first-order valence-corrected chi connectivity index (χ1v) is 13.5. The van der Waals surface area contributed by atoms with Crippen LogP contribution in [0.5, 0.6) is 0 Å². The Balaban J connectivity index is 1.48. The van der Waals surface area contributed by atoms with Gasteiger partial charge in [-0.2, -0.15) is 0 Å². The molecule has 4 rings (SSSR count). The summed E-state index contributed by atoms with van der Waals surface area (Å²) in [5.41, 5.74) is 1.02. The molecule has 0 unspecified atom stereocenters. The van der Waals surface area contributed by atoms with Gasteiger partial charge in [0.05, 0.1) is 12.5 Å². The predicted molar refractivity (Wildman–Crippen MR) is 149 cm³/mol. The molecule has 7 nitrogen and oxygen atoms in total. The van der Waals surface area contributed by atoms with Crippen LogP contribution in [0.3, 0.4) is 0 Å². The van der Waals surface area contributed by atoms with Crippen LogP contribution in [0, 0.1) is 5.92 Å². The maximum Gasteiger partial charge on any atom is 0.308 e. The van der Waals surface area contributed by atoms with Crippen molar-refractivity contribution in [3.63, 3.8) is 0 Å². The number of rotatable bonds is 8. The van der Waals surface area contributed by atoms with Crippen LogP contribution < -0.4 is 5.32 Å². The number of carbonyl (C=O) groups excluding carboxylic acids is 3. The Labute approximate surface area is 233 Å². The van der Waals surface area contributed by atoms with Gasteiger partial charge in [0, 0.05) is 27.7 Å². The molecular weight excluding hydrogens is 525 g/mol. The van der Waals surface area contributed by atoms with Crippen molar-refractivity contribution < 1.29 is 19.1 Å². The summed E-state index contributed by atoms with van der Waals surface area (Å²) in [5.74, 6) is -0.498. The van der Waals surface area contributed by atoms with Gasteiger partial charge in [0.25, 0.3) is 11.8 Å². The first kappa shape index (κ1) is 28.1. The first-order valence-electron chi connectivity index (χ1n) is 12.8. The van der Waals surface area contributed by atoms with E-state index in [1.54, 1.807) is 51.1 Å². The second kappa shape index (κ2) is 10.7. The van der Waals surface area contributed by atoms with Crippen molar-refractivity contribution in [2.24, 2.45) is 10.9 Å². The van der Waals surface area contributed by atoms with Gasteiger partial charge in [-0.05, 0) is 89.3 Å². The third-order valence-electron chi connectivity index (χ3n) is 6.43. The zero-order valence-electron chi connectivity index (χ0n) is 22.3. The normalized spacial score (nSPS) is 17.7. The minimum atomic E-state index is -0.772. The Bertz CT molecular complexity index is 1260. The smallest absolute Gasteiger partial charge is 0.308 e. The molecule has 1 aliphatic heterocycles. The molecular formula is C29H33Cl2N3O4. The zero-order valence-corrected chi connectivity index (χ0v) is 23.8. The van der Waals surface area contributed by atoms with E-state index in [1.807, 2.05) is 30.9 Å². The fourth-order valence-corrected chi connectivity index (χ4v) is 5.26. The van der Waals surface area contributed by atoms with Crippen LogP contribution in [-0.4, -0.2) is 46.2 Å². The standard InChI is InChI=1S/C29H33Cl2N3O4/c1-28(2,3)38-23(35)12-13-32-26(36)19-10-8-18(9-11-19)25(17-6-7-17)34-27(37)24(33-29(34,4)5)20-14-21(30)16-22(31)15-20/h8-11,14-17,25H,6-7,12-13H2,1-5H3,(H,32,36)/t25-/m1/s1. The molecule has 2 aromatic carbocycles. The minimum Gasteiger partial charge on any atom is -0.460 e. The number of hydrogen-bond acceptors (Lipinski definition) is 5. The van der Waals surface area contributed by atoms with Gasteiger partial charge in [0.15, 0.2) is 0 Å². The van der Waals surface area contributed by atoms with Crippen LogP contribution in [-0.2, 0) is 14.3 Å². The highest BCUT2D eigenvalue weighted by Crippen LogP contribution is 2.48. The predicted octanol–water partition coefficient (Wildman–Crippen LogP) is 5.97. The number of ether oxygens (including phenoxy) is 1. The molecule has 9 heteroatoms. The van der Waals surface area contributed by atoms with E-state index in [2.05, 4.69) is 5.32 Å². The van der Waals surface area contributed by atoms with Gasteiger partial charge in [-0.15, -0.1) is 0 Å². The van der Waals surface area contributed by atoms with E-state index >= 15 is 0 Å². The summed E-state index contributed by atoms with van der Waals surface area (Å²) in [6, 6.07) is 12.1. The average molecular weight is 559 g/mol. The lowest BCUT2D eigenvalue weighted by Crippen LogP contribution is -2.46. The first-order chi connectivity index (χ1) is 17.7. The molecule has 202 valence electrons. The average Bonchev–Trinajstić information content (AvgIpc) is 3.60. The van der Waals surface area contributed by atoms with Crippen LogP contribution in [0.15, 0.2) is 47.5 Å². The van der Waals surface area contributed by atoms with E-state index in [0.717, 1.165) is 18.4 Å². The molecule has 0 bridgehead atoms. The Morgan fingerprint density at radius 3 is 2.26 bits per heavy atom. The van der Waals surface area contributed by atoms with Gasteiger partial charge >= 0.3 is 5.97 Å². The monoisotopic (exact) mass is 557 g/mol. The SMILES string of the molecule is CC(C)(C)OC(=O)CCNC(=O)c1ccc([C@@H](C2CC2)N2C(=O)C(c3cc(Cl)cc(Cl)c3)=NC2(C)C)cc1. The zero-order chi connectivity index (χ0) is 27.8. The number of nitrogens with one attached hydrogen (secondary N) is 1. The van der Waals surface area contributed by atoms with Crippen molar-refractivity contribution in [1.82, 2.24) is 10.2 Å². The lowest BCUT2D eigenvalue weighted by Gasteiger charge is -2.37. The molecule has 38 heavy (non-hydrogen) atoms. The number of hydrogen-bond donors (Lipinski definition) is 1. The van der Waals surface area contributed by atoms with E-state index in [4.69, 9.17) is 32.9 Å². The number of aliphatic imine (C=N–C) groups is 1. The minimum absolute atomic E-state index is 0.0944. The van der Waals surface area contributed by atoms with E-state index in [-0.39, 0.29) is 36.8 Å². The molecule has 2 aliphatic rings. The summed E-state index contributed by atoms with van der Waals surface area (Å²) < 4.78 is 5.27. The summed E-state index contributed by atoms with van der Waals surface area (Å²) in [5, 5.41) is 3.65. The summed E-state index contributed by atoms with van der Waals surface area (Å²) in [4.78, 5) is 44.9. The van der Waals surface area contributed by atoms with Crippen molar-refractivity contribution in [3.05, 3.63) is 69.2 Å². The van der Waals surface area contributed by atoms with Gasteiger partial charge in [-0.1, -0.05) is 35.3 Å². The number of nitrogens with zero attached hydrogens (tertiary/aromatic N) is 2. The maximum absolute atomic E-state index is 13.7. The molecule has 2 amide bonds. The number of amides is 2. The molecule has 0 spiro atoms. The summed E-state index contributed by atoms with van der Waals surface area (Å²) in [6.07, 6.45) is 2.11. The van der Waals surface area contributed by atoms with Gasteiger partial charge in [0.2, 0.25) is 0 Å². The highest BCUT2D eigenvalue weighted by molar-refractivity contribution is 6.47. The molecule has 2 aromatic rings. The van der Waals surface area contributed by atoms with Crippen molar-refractivity contribution in [2.45, 2.75) is 71.2 Å². The van der Waals surface area contributed by atoms with Crippen LogP contribution in [0.1, 0.15) is 81.4 Å². The number of halogens is 2. The molecule has 1 aliphatic carbocycles. The van der Waals surface area contributed by atoms with E-state index in [9.17, 15) is 14.4 Å². The van der Waals surface area contributed by atoms with Crippen LogP contribution >= 0.6 is 23.2 Å². The Morgan fingerprint density at radius 2 is 1.71 bits per heavy atom. The van der Waals surface area contributed by atoms with Crippen molar-refractivity contribution >= 4 is 46.7 Å². The Morgan fingerprint density at radius 1 is 1.11 bits per heavy atom. The van der Waals surface area contributed by atoms with Gasteiger partial charge in [-0.3, -0.25) is 19.4 Å². The Hall–Kier alpha value is -2.90. The number of carbonyl (C=O) groups is 3. The fourth-order valence-electron chi connectivity index (χ4n) is 4.73. The lowest BCUT2D eigenvalue weighted by atomic mass is 9.96. The van der Waals surface area contributed by atoms with Gasteiger partial charge in [-0.25, -0.2) is 0 Å². The molecule has 1 heterocycles. The van der Waals surface area contributed by atoms with Crippen molar-refractivity contribution in [1.29, 1.82) is 0 Å². The van der Waals surface area contributed by atoms with Crippen molar-refractivity contribution in [2.75, 3.05) is 6.54 Å². The van der Waals surface area contributed by atoms with Gasteiger partial charge < -0.3 is 15.0 Å². The van der Waals surface area contributed by atoms with E-state index < -0.39 is 11.3 Å². The number of benzene rings is 2. The topological polar surface area (TPSA) is 88.1 Å². The maximum atomic E-state index is 13.7. The van der Waals surface area contributed by atoms with Crippen molar-refractivity contribution in [3.8, 4) is 0 Å². The highest BCUT2D eigenvalue weighted by Gasteiger charge is 2.49. The second-order valence-corrected chi connectivity index (χ2v) is 12.2. The van der Waals surface area contributed by atoms with Crippen LogP contribution in [0.25, 0.3) is 0 Å². The fraction of sp³-hybridized carbons (Fsp3) is 0.448. The molecule has 0 aromatic heterocycles. The molecule has 1 atom stereocenters. The molecule has 0 saturated heterocycles. The second-order valence-electron chi connectivity index (χ2n) is 11.3. The third kappa shape index (κ3) is 6.56. The molecule has 1 fully saturated rings. The molecule has 1 N–H and O–H groups in total. The summed E-state index contributed by atoms with van der Waals surface area (Å²) >= 11 is 12.4. The van der Waals surface area contributed by atoms with Crippen LogP contribution in [0.4, 0.5) is 0 Å². The summed E-state index contributed by atoms with van der Waals surface area (Å²) in [6.45, 7) is 9.44. The third-order valence-corrected chi connectivity index (χ3v) is 6.86. The molecule has 1 saturated carbocycles. The van der Waals surface area contributed by atoms with Crippen LogP contribution in [0.2, 0.25) is 10.0 Å². The largest absolute Gasteiger partial charge is 0.460 e. The Kier molecular flexibility index (Phi) is 7.91. The lowest BCUT2D eigenvalue weighted by molar-refractivity contribution is -0.154.